The molecule has 21 heavy (non-hydrogen) atoms. The maximum Gasteiger partial charge on any atom is 0.205 e. The van der Waals surface area contributed by atoms with E-state index in [1.54, 1.807) is 6.20 Å². The average molecular weight is 283 g/mol. The summed E-state index contributed by atoms with van der Waals surface area (Å²) in [5, 5.41) is 8.97. The highest BCUT2D eigenvalue weighted by molar-refractivity contribution is 5.43. The van der Waals surface area contributed by atoms with Crippen molar-refractivity contribution in [2.24, 2.45) is 5.73 Å². The summed E-state index contributed by atoms with van der Waals surface area (Å²) in [6, 6.07) is 13.2. The lowest BCUT2D eigenvalue weighted by molar-refractivity contribution is 0.265. The van der Waals surface area contributed by atoms with E-state index in [-0.39, 0.29) is 12.6 Å². The van der Waals surface area contributed by atoms with Crippen LogP contribution in [0, 0.1) is 0 Å². The highest BCUT2D eigenvalue weighted by Crippen LogP contribution is 2.22. The second kappa shape index (κ2) is 5.95. The molecule has 0 spiro atoms. The number of aliphatic hydroxyl groups is 1. The molecule has 108 valence electrons. The number of nitrogens with two attached hydrogens (primary N) is 1. The first-order valence-electron chi connectivity index (χ1n) is 6.81. The normalized spacial score (nSPS) is 12.5. The van der Waals surface area contributed by atoms with Crippen LogP contribution in [0.25, 0.3) is 5.65 Å². The van der Waals surface area contributed by atoms with Crippen molar-refractivity contribution in [3.63, 3.8) is 0 Å². The van der Waals surface area contributed by atoms with E-state index in [1.165, 1.54) is 0 Å². The van der Waals surface area contributed by atoms with Gasteiger partial charge in [0.2, 0.25) is 5.88 Å². The van der Waals surface area contributed by atoms with Crippen molar-refractivity contribution in [3.8, 4) is 11.6 Å². The van der Waals surface area contributed by atoms with Crippen molar-refractivity contribution in [2.75, 3.05) is 6.61 Å². The van der Waals surface area contributed by atoms with Crippen LogP contribution in [0.15, 0.2) is 54.9 Å². The van der Waals surface area contributed by atoms with Crippen LogP contribution in [0.2, 0.25) is 0 Å². The van der Waals surface area contributed by atoms with E-state index in [2.05, 4.69) is 4.98 Å². The SMILES string of the molecule is N[C@H](CO)Cc1ccc(Oc2cccc3nccn23)cc1. The number of hydrogen-bond acceptors (Lipinski definition) is 4. The zero-order valence-electron chi connectivity index (χ0n) is 11.5. The van der Waals surface area contributed by atoms with Crippen molar-refractivity contribution >= 4 is 5.65 Å². The van der Waals surface area contributed by atoms with Crippen LogP contribution in [0.3, 0.4) is 0 Å². The Hall–Kier alpha value is -2.37. The summed E-state index contributed by atoms with van der Waals surface area (Å²) in [7, 11) is 0. The summed E-state index contributed by atoms with van der Waals surface area (Å²) in [6.07, 6.45) is 4.24. The third-order valence-corrected chi connectivity index (χ3v) is 3.27. The number of aromatic nitrogens is 2. The Kier molecular flexibility index (Phi) is 3.85. The lowest BCUT2D eigenvalue weighted by Gasteiger charge is -2.10. The number of pyridine rings is 1. The number of rotatable bonds is 5. The van der Waals surface area contributed by atoms with Crippen LogP contribution in [-0.2, 0) is 6.42 Å². The molecule has 0 bridgehead atoms. The highest BCUT2D eigenvalue weighted by Gasteiger charge is 2.05. The van der Waals surface area contributed by atoms with E-state index in [0.29, 0.717) is 12.3 Å². The fraction of sp³-hybridized carbons (Fsp3) is 0.188. The molecule has 0 fully saturated rings. The summed E-state index contributed by atoms with van der Waals surface area (Å²) in [4.78, 5) is 4.22. The number of nitrogens with zero attached hydrogens (tertiary/aromatic N) is 2. The van der Waals surface area contributed by atoms with Gasteiger partial charge >= 0.3 is 0 Å². The molecule has 0 aliphatic rings. The number of fused-ring (bicyclic) bond motifs is 1. The summed E-state index contributed by atoms with van der Waals surface area (Å²) < 4.78 is 7.76. The molecule has 1 atom stereocenters. The number of imidazole rings is 1. The predicted molar refractivity (Wildman–Crippen MR) is 80.5 cm³/mol. The molecule has 0 aliphatic heterocycles. The quantitative estimate of drug-likeness (QED) is 0.751. The Labute approximate surface area is 122 Å². The molecule has 2 aromatic heterocycles. The van der Waals surface area contributed by atoms with E-state index >= 15 is 0 Å². The van der Waals surface area contributed by atoms with Crippen LogP contribution in [0.1, 0.15) is 5.56 Å². The molecule has 0 saturated carbocycles. The van der Waals surface area contributed by atoms with E-state index in [1.807, 2.05) is 53.1 Å². The van der Waals surface area contributed by atoms with Gasteiger partial charge in [-0.2, -0.15) is 0 Å². The first-order chi connectivity index (χ1) is 10.3. The van der Waals surface area contributed by atoms with Crippen LogP contribution < -0.4 is 10.5 Å². The van der Waals surface area contributed by atoms with E-state index in [4.69, 9.17) is 15.6 Å². The second-order valence-corrected chi connectivity index (χ2v) is 4.91. The Morgan fingerprint density at radius 2 is 2.00 bits per heavy atom. The minimum atomic E-state index is -0.225. The molecule has 3 rings (SSSR count). The van der Waals surface area contributed by atoms with Gasteiger partial charge in [0.1, 0.15) is 11.4 Å². The van der Waals surface area contributed by atoms with Gasteiger partial charge in [-0.3, -0.25) is 4.40 Å². The lowest BCUT2D eigenvalue weighted by atomic mass is 10.1. The fourth-order valence-electron chi connectivity index (χ4n) is 2.19. The molecule has 3 N–H and O–H groups in total. The Bertz CT molecular complexity index is 722. The van der Waals surface area contributed by atoms with Gasteiger partial charge in [0.05, 0.1) is 6.61 Å². The lowest BCUT2D eigenvalue weighted by Crippen LogP contribution is -2.26. The third-order valence-electron chi connectivity index (χ3n) is 3.27. The second-order valence-electron chi connectivity index (χ2n) is 4.91. The summed E-state index contributed by atoms with van der Waals surface area (Å²) in [6.45, 7) is -0.0130. The molecule has 0 unspecified atom stereocenters. The molecular weight excluding hydrogens is 266 g/mol. The van der Waals surface area contributed by atoms with Gasteiger partial charge in [0.25, 0.3) is 0 Å². The molecular formula is C16H17N3O2. The maximum atomic E-state index is 8.97. The fourth-order valence-corrected chi connectivity index (χ4v) is 2.19. The van der Waals surface area contributed by atoms with Gasteiger partial charge in [-0.1, -0.05) is 18.2 Å². The van der Waals surface area contributed by atoms with Crippen molar-refractivity contribution < 1.29 is 9.84 Å². The summed E-state index contributed by atoms with van der Waals surface area (Å²) in [5.41, 5.74) is 7.64. The van der Waals surface area contributed by atoms with Crippen LogP contribution in [-0.4, -0.2) is 27.1 Å². The monoisotopic (exact) mass is 283 g/mol. The molecule has 1 aromatic carbocycles. The van der Waals surface area contributed by atoms with Crippen molar-refractivity contribution in [1.82, 2.24) is 9.38 Å². The minimum absolute atomic E-state index is 0.0130. The van der Waals surface area contributed by atoms with Crippen LogP contribution in [0.4, 0.5) is 0 Å². The molecule has 5 nitrogen and oxygen atoms in total. The van der Waals surface area contributed by atoms with Gasteiger partial charge in [0, 0.05) is 18.4 Å². The number of aliphatic hydroxyl groups excluding tert-OH is 1. The first kappa shape index (κ1) is 13.6. The number of ether oxygens (including phenoxy) is 1. The largest absolute Gasteiger partial charge is 0.440 e. The standard InChI is InChI=1S/C16H17N3O2/c17-13(11-20)10-12-4-6-14(7-5-12)21-16-3-1-2-15-18-8-9-19(15)16/h1-9,13,20H,10-11,17H2/t13-/m0/s1. The van der Waals surface area contributed by atoms with Crippen LogP contribution >= 0.6 is 0 Å². The molecule has 0 aliphatic carbocycles. The Balaban J connectivity index is 1.77. The van der Waals surface area contributed by atoms with E-state index < -0.39 is 0 Å². The molecule has 5 heteroatoms. The van der Waals surface area contributed by atoms with E-state index in [0.717, 1.165) is 17.0 Å². The van der Waals surface area contributed by atoms with Gasteiger partial charge < -0.3 is 15.6 Å². The molecule has 0 radical (unpaired) electrons. The average Bonchev–Trinajstić information content (AvgIpc) is 2.99. The zero-order valence-corrected chi connectivity index (χ0v) is 11.5. The topological polar surface area (TPSA) is 72.8 Å². The first-order valence-corrected chi connectivity index (χ1v) is 6.81. The van der Waals surface area contributed by atoms with Crippen molar-refractivity contribution in [1.29, 1.82) is 0 Å². The van der Waals surface area contributed by atoms with Gasteiger partial charge in [-0.15, -0.1) is 0 Å². The summed E-state index contributed by atoms with van der Waals surface area (Å²) >= 11 is 0. The molecule has 2 heterocycles. The number of benzene rings is 1. The third kappa shape index (κ3) is 3.04. The zero-order chi connectivity index (χ0) is 14.7. The van der Waals surface area contributed by atoms with Crippen molar-refractivity contribution in [3.05, 3.63) is 60.4 Å². The van der Waals surface area contributed by atoms with E-state index in [9.17, 15) is 0 Å². The van der Waals surface area contributed by atoms with Gasteiger partial charge in [0.15, 0.2) is 0 Å². The van der Waals surface area contributed by atoms with Gasteiger partial charge in [-0.05, 0) is 36.2 Å². The Morgan fingerprint density at radius 1 is 1.19 bits per heavy atom. The predicted octanol–water partition coefficient (Wildman–Crippen LogP) is 1.99. The molecule has 0 amide bonds. The smallest absolute Gasteiger partial charge is 0.205 e. The summed E-state index contributed by atoms with van der Waals surface area (Å²) in [5.74, 6) is 1.46. The molecule has 0 saturated heterocycles. The highest BCUT2D eigenvalue weighted by atomic mass is 16.5. The Morgan fingerprint density at radius 3 is 2.76 bits per heavy atom. The maximum absolute atomic E-state index is 8.97. The van der Waals surface area contributed by atoms with Crippen LogP contribution in [0.5, 0.6) is 11.6 Å². The van der Waals surface area contributed by atoms with Gasteiger partial charge in [-0.25, -0.2) is 4.98 Å². The number of hydrogen-bond donors (Lipinski definition) is 2. The van der Waals surface area contributed by atoms with Crippen molar-refractivity contribution in [2.45, 2.75) is 12.5 Å². The minimum Gasteiger partial charge on any atom is -0.440 e. The molecule has 3 aromatic rings.